The molecule has 0 radical (unpaired) electrons. The second-order valence-corrected chi connectivity index (χ2v) is 12.1. The van der Waals surface area contributed by atoms with Gasteiger partial charge in [0.1, 0.15) is 0 Å². The molecule has 1 aromatic rings. The Kier molecular flexibility index (Phi) is 5.24. The molecule has 5 rings (SSSR count). The number of carbonyl (C=O) groups excluding carboxylic acids is 1. The molecule has 0 aliphatic heterocycles. The molecule has 0 aromatic heterocycles. The molecule has 4 fully saturated rings. The standard InChI is InChI=1S/C29H40O2/c1-18(2)20-7-5-19(6-8-20)15-21-16-26-24-10-9-22-17-23(30)11-13-28(22,3)25(24)12-14-29(26,4)27(21)31/h5-8,15,18,22-26,30H,9-14,16-17H2,1-4H3/b21-15-/t22-,23+,24-,25+,26+,28-,29+/m0/s1. The monoisotopic (exact) mass is 420 g/mol. The van der Waals surface area contributed by atoms with Crippen molar-refractivity contribution in [2.24, 2.45) is 34.5 Å². The number of aliphatic hydroxyl groups is 1. The van der Waals surface area contributed by atoms with E-state index in [0.717, 1.165) is 37.2 Å². The van der Waals surface area contributed by atoms with E-state index in [0.29, 0.717) is 34.9 Å². The maximum atomic E-state index is 13.6. The van der Waals surface area contributed by atoms with Crippen molar-refractivity contribution >= 4 is 11.9 Å². The molecule has 2 heteroatoms. The van der Waals surface area contributed by atoms with E-state index in [1.807, 2.05) is 0 Å². The van der Waals surface area contributed by atoms with Crippen LogP contribution in [0.2, 0.25) is 0 Å². The highest BCUT2D eigenvalue weighted by Gasteiger charge is 2.61. The van der Waals surface area contributed by atoms with E-state index in [1.54, 1.807) is 0 Å². The summed E-state index contributed by atoms with van der Waals surface area (Å²) in [4.78, 5) is 13.6. The number of carbonyl (C=O) groups is 1. The quantitative estimate of drug-likeness (QED) is 0.536. The summed E-state index contributed by atoms with van der Waals surface area (Å²) in [5.74, 6) is 3.54. The summed E-state index contributed by atoms with van der Waals surface area (Å²) < 4.78 is 0. The van der Waals surface area contributed by atoms with Crippen LogP contribution >= 0.6 is 0 Å². The summed E-state index contributed by atoms with van der Waals surface area (Å²) in [6.07, 6.45) is 10.9. The summed E-state index contributed by atoms with van der Waals surface area (Å²) in [6, 6.07) is 8.78. The summed E-state index contributed by atoms with van der Waals surface area (Å²) in [5.41, 5.74) is 3.79. The first-order chi connectivity index (χ1) is 14.7. The van der Waals surface area contributed by atoms with E-state index in [9.17, 15) is 9.90 Å². The van der Waals surface area contributed by atoms with Gasteiger partial charge in [-0.25, -0.2) is 0 Å². The minimum atomic E-state index is -0.164. The molecule has 4 aliphatic carbocycles. The fraction of sp³-hybridized carbons (Fsp3) is 0.690. The highest BCUT2D eigenvalue weighted by Crippen LogP contribution is 2.66. The maximum absolute atomic E-state index is 13.6. The second kappa shape index (κ2) is 7.58. The molecule has 168 valence electrons. The molecule has 2 nitrogen and oxygen atoms in total. The fourth-order valence-electron chi connectivity index (χ4n) is 8.21. The Hall–Kier alpha value is -1.41. The van der Waals surface area contributed by atoms with E-state index < -0.39 is 0 Å². The predicted molar refractivity (Wildman–Crippen MR) is 127 cm³/mol. The molecule has 4 saturated carbocycles. The molecule has 7 atom stereocenters. The van der Waals surface area contributed by atoms with E-state index in [4.69, 9.17) is 0 Å². The van der Waals surface area contributed by atoms with Crippen LogP contribution in [-0.2, 0) is 4.79 Å². The average molecular weight is 421 g/mol. The number of fused-ring (bicyclic) bond motifs is 5. The Bertz CT molecular complexity index is 881. The lowest BCUT2D eigenvalue weighted by molar-refractivity contribution is -0.141. The van der Waals surface area contributed by atoms with E-state index in [-0.39, 0.29) is 11.5 Å². The topological polar surface area (TPSA) is 37.3 Å². The molecule has 0 heterocycles. The van der Waals surface area contributed by atoms with Crippen molar-refractivity contribution in [1.82, 2.24) is 0 Å². The molecule has 0 saturated heterocycles. The van der Waals surface area contributed by atoms with Crippen molar-refractivity contribution in [3.8, 4) is 0 Å². The molecule has 31 heavy (non-hydrogen) atoms. The van der Waals surface area contributed by atoms with Crippen LogP contribution in [0.25, 0.3) is 6.08 Å². The Balaban J connectivity index is 1.41. The van der Waals surface area contributed by atoms with Crippen molar-refractivity contribution < 1.29 is 9.90 Å². The third kappa shape index (κ3) is 3.36. The van der Waals surface area contributed by atoms with Gasteiger partial charge in [0.05, 0.1) is 6.10 Å². The van der Waals surface area contributed by atoms with Crippen LogP contribution in [0.15, 0.2) is 29.8 Å². The molecule has 0 unspecified atom stereocenters. The Morgan fingerprint density at radius 2 is 1.74 bits per heavy atom. The summed E-state index contributed by atoms with van der Waals surface area (Å²) in [7, 11) is 0. The lowest BCUT2D eigenvalue weighted by Crippen LogP contribution is -2.54. The molecular formula is C29H40O2. The lowest BCUT2D eigenvalue weighted by Gasteiger charge is -2.59. The smallest absolute Gasteiger partial charge is 0.165 e. The van der Waals surface area contributed by atoms with Crippen molar-refractivity contribution in [1.29, 1.82) is 0 Å². The van der Waals surface area contributed by atoms with Crippen LogP contribution < -0.4 is 0 Å². The third-order valence-electron chi connectivity index (χ3n) is 10.2. The van der Waals surface area contributed by atoms with Crippen molar-refractivity contribution in [2.75, 3.05) is 0 Å². The zero-order chi connectivity index (χ0) is 22.0. The molecule has 0 bridgehead atoms. The molecular weight excluding hydrogens is 380 g/mol. The Labute approximate surface area is 188 Å². The van der Waals surface area contributed by atoms with Gasteiger partial charge in [0, 0.05) is 5.41 Å². The number of ketones is 1. The van der Waals surface area contributed by atoms with Crippen LogP contribution in [0.1, 0.15) is 96.1 Å². The van der Waals surface area contributed by atoms with E-state index in [2.05, 4.69) is 58.0 Å². The van der Waals surface area contributed by atoms with Gasteiger partial charge in [-0.1, -0.05) is 52.0 Å². The Morgan fingerprint density at radius 1 is 1.00 bits per heavy atom. The number of rotatable bonds is 2. The van der Waals surface area contributed by atoms with Crippen molar-refractivity contribution in [3.05, 3.63) is 41.0 Å². The number of allylic oxidation sites excluding steroid dienone is 1. The van der Waals surface area contributed by atoms with Crippen molar-refractivity contribution in [2.45, 2.75) is 91.1 Å². The number of aliphatic hydroxyl groups excluding tert-OH is 1. The van der Waals surface area contributed by atoms with E-state index >= 15 is 0 Å². The largest absolute Gasteiger partial charge is 0.393 e. The van der Waals surface area contributed by atoms with Gasteiger partial charge in [0.25, 0.3) is 0 Å². The highest BCUT2D eigenvalue weighted by molar-refractivity contribution is 6.05. The molecule has 1 aromatic carbocycles. The van der Waals surface area contributed by atoms with Gasteiger partial charge >= 0.3 is 0 Å². The van der Waals surface area contributed by atoms with Gasteiger partial charge < -0.3 is 5.11 Å². The molecule has 0 amide bonds. The lowest BCUT2D eigenvalue weighted by atomic mass is 9.45. The van der Waals surface area contributed by atoms with Gasteiger partial charge in [-0.2, -0.15) is 0 Å². The zero-order valence-corrected chi connectivity index (χ0v) is 19.9. The van der Waals surface area contributed by atoms with Gasteiger partial charge in [0.2, 0.25) is 0 Å². The second-order valence-electron chi connectivity index (χ2n) is 12.1. The number of hydrogen-bond donors (Lipinski definition) is 1. The van der Waals surface area contributed by atoms with Crippen LogP contribution in [0.4, 0.5) is 0 Å². The zero-order valence-electron chi connectivity index (χ0n) is 19.9. The summed E-state index contributed by atoms with van der Waals surface area (Å²) in [6.45, 7) is 9.24. The van der Waals surface area contributed by atoms with Crippen LogP contribution in [0.5, 0.6) is 0 Å². The van der Waals surface area contributed by atoms with Crippen LogP contribution in [0.3, 0.4) is 0 Å². The number of Topliss-reactive ketones (excluding diaryl/α,β-unsaturated/α-hetero) is 1. The van der Waals surface area contributed by atoms with Crippen LogP contribution in [-0.4, -0.2) is 17.0 Å². The van der Waals surface area contributed by atoms with Crippen LogP contribution in [0, 0.1) is 34.5 Å². The molecule has 0 spiro atoms. The summed E-state index contributed by atoms with van der Waals surface area (Å²) in [5, 5.41) is 10.3. The first kappa shape index (κ1) is 21.4. The van der Waals surface area contributed by atoms with Gasteiger partial charge in [0.15, 0.2) is 5.78 Å². The Morgan fingerprint density at radius 3 is 2.45 bits per heavy atom. The number of hydrogen-bond acceptors (Lipinski definition) is 2. The third-order valence-corrected chi connectivity index (χ3v) is 10.2. The first-order valence-corrected chi connectivity index (χ1v) is 12.8. The predicted octanol–water partition coefficient (Wildman–Crippen LogP) is 6.78. The summed E-state index contributed by atoms with van der Waals surface area (Å²) >= 11 is 0. The van der Waals surface area contributed by atoms with Gasteiger partial charge in [-0.15, -0.1) is 0 Å². The first-order valence-electron chi connectivity index (χ1n) is 12.8. The maximum Gasteiger partial charge on any atom is 0.165 e. The van der Waals surface area contributed by atoms with E-state index in [1.165, 1.54) is 36.8 Å². The molecule has 4 aliphatic rings. The van der Waals surface area contributed by atoms with Gasteiger partial charge in [-0.05, 0) is 109 Å². The number of benzene rings is 1. The van der Waals surface area contributed by atoms with Crippen molar-refractivity contribution in [3.63, 3.8) is 0 Å². The minimum absolute atomic E-state index is 0.0897. The highest BCUT2D eigenvalue weighted by atomic mass is 16.3. The average Bonchev–Trinajstić information content (AvgIpc) is 2.99. The van der Waals surface area contributed by atoms with Gasteiger partial charge in [-0.3, -0.25) is 4.79 Å². The minimum Gasteiger partial charge on any atom is -0.393 e. The normalized spacial score (nSPS) is 43.6. The molecule has 1 N–H and O–H groups in total. The SMILES string of the molecule is CC(C)c1ccc(/C=C2/C[C@@H]3[C@H]4CC[C@H]5C[C@H](O)CC[C@]5(C)[C@@H]4CC[C@@]3(C)C2=O)cc1. The fourth-order valence-corrected chi connectivity index (χ4v) is 8.21.